The van der Waals surface area contributed by atoms with Crippen LogP contribution in [0.25, 0.3) is 0 Å². The first-order valence-corrected chi connectivity index (χ1v) is 4.69. The Kier molecular flexibility index (Phi) is 3.36. The third-order valence-electron chi connectivity index (χ3n) is 1.52. The Balaban J connectivity index is 2.96. The van der Waals surface area contributed by atoms with Crippen LogP contribution in [0.2, 0.25) is 0 Å². The zero-order chi connectivity index (χ0) is 9.84. The van der Waals surface area contributed by atoms with Gasteiger partial charge in [0, 0.05) is 9.13 Å². The first kappa shape index (κ1) is 10.1. The summed E-state index contributed by atoms with van der Waals surface area (Å²) in [6, 6.07) is 6.82. The molecule has 0 saturated carbocycles. The third-order valence-corrected chi connectivity index (χ3v) is 2.23. The maximum atomic E-state index is 11.3. The van der Waals surface area contributed by atoms with Crippen LogP contribution in [0.5, 0.6) is 0 Å². The Labute approximate surface area is 89.8 Å². The molecule has 0 spiro atoms. The van der Waals surface area contributed by atoms with Crippen molar-refractivity contribution >= 4 is 34.2 Å². The SMILES string of the molecule is C=CC(=O)C(=O)c1ccc(I)cc1. The van der Waals surface area contributed by atoms with E-state index in [1.807, 2.05) is 0 Å². The minimum Gasteiger partial charge on any atom is -0.286 e. The van der Waals surface area contributed by atoms with Gasteiger partial charge in [-0.15, -0.1) is 0 Å². The van der Waals surface area contributed by atoms with Crippen molar-refractivity contribution in [1.82, 2.24) is 0 Å². The molecule has 0 unspecified atom stereocenters. The van der Waals surface area contributed by atoms with E-state index in [0.717, 1.165) is 9.65 Å². The average molecular weight is 286 g/mol. The molecule has 0 radical (unpaired) electrons. The fourth-order valence-corrected chi connectivity index (χ4v) is 1.20. The zero-order valence-corrected chi connectivity index (χ0v) is 8.95. The molecule has 1 aromatic rings. The molecule has 0 amide bonds. The number of Topliss-reactive ketones (excluding diaryl/α,β-unsaturated/α-hetero) is 1. The number of allylic oxidation sites excluding steroid dienone is 1. The van der Waals surface area contributed by atoms with E-state index < -0.39 is 11.6 Å². The number of benzene rings is 1. The number of carbonyl (C=O) groups is 2. The minimum atomic E-state index is -0.568. The first-order chi connectivity index (χ1) is 6.15. The monoisotopic (exact) mass is 286 g/mol. The van der Waals surface area contributed by atoms with Crippen molar-refractivity contribution in [3.8, 4) is 0 Å². The van der Waals surface area contributed by atoms with Gasteiger partial charge in [-0.05, 0) is 52.9 Å². The van der Waals surface area contributed by atoms with Crippen LogP contribution in [0.15, 0.2) is 36.9 Å². The van der Waals surface area contributed by atoms with Crippen LogP contribution in [0.4, 0.5) is 0 Å². The van der Waals surface area contributed by atoms with Gasteiger partial charge >= 0.3 is 0 Å². The van der Waals surface area contributed by atoms with Crippen LogP contribution >= 0.6 is 22.6 Å². The minimum absolute atomic E-state index is 0.408. The smallest absolute Gasteiger partial charge is 0.232 e. The Morgan fingerprint density at radius 2 is 1.77 bits per heavy atom. The molecule has 1 aromatic carbocycles. The van der Waals surface area contributed by atoms with Crippen LogP contribution in [-0.2, 0) is 4.79 Å². The number of hydrogen-bond donors (Lipinski definition) is 0. The van der Waals surface area contributed by atoms with Gasteiger partial charge in [0.1, 0.15) is 0 Å². The largest absolute Gasteiger partial charge is 0.286 e. The highest BCUT2D eigenvalue weighted by Gasteiger charge is 2.11. The van der Waals surface area contributed by atoms with Crippen LogP contribution in [0.1, 0.15) is 10.4 Å². The zero-order valence-electron chi connectivity index (χ0n) is 6.79. The second-order valence-electron chi connectivity index (χ2n) is 2.40. The van der Waals surface area contributed by atoms with Gasteiger partial charge in [-0.25, -0.2) is 0 Å². The molecule has 0 aliphatic carbocycles. The van der Waals surface area contributed by atoms with Crippen molar-refractivity contribution in [3.63, 3.8) is 0 Å². The van der Waals surface area contributed by atoms with Gasteiger partial charge in [0.15, 0.2) is 0 Å². The summed E-state index contributed by atoms with van der Waals surface area (Å²) in [6.07, 6.45) is 1.03. The number of hydrogen-bond acceptors (Lipinski definition) is 2. The van der Waals surface area contributed by atoms with E-state index >= 15 is 0 Å². The fraction of sp³-hybridized carbons (Fsp3) is 0. The average Bonchev–Trinajstić information content (AvgIpc) is 2.17. The molecular formula is C10H7IO2. The van der Waals surface area contributed by atoms with Crippen molar-refractivity contribution < 1.29 is 9.59 Å². The molecule has 0 aliphatic rings. The number of halogens is 1. The Morgan fingerprint density at radius 1 is 1.23 bits per heavy atom. The normalized spacial score (nSPS) is 9.31. The van der Waals surface area contributed by atoms with E-state index in [2.05, 4.69) is 29.2 Å². The third kappa shape index (κ3) is 2.48. The molecule has 13 heavy (non-hydrogen) atoms. The summed E-state index contributed by atoms with van der Waals surface area (Å²) < 4.78 is 1.03. The van der Waals surface area contributed by atoms with Gasteiger partial charge < -0.3 is 0 Å². The maximum Gasteiger partial charge on any atom is 0.232 e. The Hall–Kier alpha value is -0.970. The summed E-state index contributed by atoms with van der Waals surface area (Å²) in [4.78, 5) is 22.2. The lowest BCUT2D eigenvalue weighted by Gasteiger charge is -1.96. The van der Waals surface area contributed by atoms with Crippen molar-refractivity contribution in [2.75, 3.05) is 0 Å². The summed E-state index contributed by atoms with van der Waals surface area (Å²) in [5, 5.41) is 0. The predicted octanol–water partition coefficient (Wildman–Crippen LogP) is 2.23. The van der Waals surface area contributed by atoms with Gasteiger partial charge in [-0.1, -0.05) is 6.58 Å². The second kappa shape index (κ2) is 4.32. The van der Waals surface area contributed by atoms with E-state index in [4.69, 9.17) is 0 Å². The molecule has 66 valence electrons. The lowest BCUT2D eigenvalue weighted by atomic mass is 10.1. The summed E-state index contributed by atoms with van der Waals surface area (Å²) >= 11 is 2.13. The highest BCUT2D eigenvalue weighted by molar-refractivity contribution is 14.1. The molecule has 0 heterocycles. The van der Waals surface area contributed by atoms with E-state index in [1.54, 1.807) is 24.3 Å². The molecule has 0 atom stereocenters. The van der Waals surface area contributed by atoms with Crippen LogP contribution < -0.4 is 0 Å². The van der Waals surface area contributed by atoms with Gasteiger partial charge in [-0.2, -0.15) is 0 Å². The summed E-state index contributed by atoms with van der Waals surface area (Å²) in [6.45, 7) is 3.25. The maximum absolute atomic E-state index is 11.3. The molecule has 0 bridgehead atoms. The second-order valence-corrected chi connectivity index (χ2v) is 3.65. The van der Waals surface area contributed by atoms with E-state index in [-0.39, 0.29) is 0 Å². The van der Waals surface area contributed by atoms with Crippen LogP contribution in [0, 0.1) is 3.57 Å². The van der Waals surface area contributed by atoms with Crippen molar-refractivity contribution in [3.05, 3.63) is 46.1 Å². The van der Waals surface area contributed by atoms with Gasteiger partial charge in [-0.3, -0.25) is 9.59 Å². The molecule has 0 saturated heterocycles. The predicted molar refractivity (Wildman–Crippen MR) is 58.7 cm³/mol. The summed E-state index contributed by atoms with van der Waals surface area (Å²) in [5.41, 5.74) is 0.408. The molecule has 0 N–H and O–H groups in total. The van der Waals surface area contributed by atoms with Gasteiger partial charge in [0.05, 0.1) is 0 Å². The number of rotatable bonds is 3. The number of carbonyl (C=O) groups excluding carboxylic acids is 2. The van der Waals surface area contributed by atoms with Crippen LogP contribution in [0.3, 0.4) is 0 Å². The quantitative estimate of drug-likeness (QED) is 0.369. The molecular weight excluding hydrogens is 279 g/mol. The van der Waals surface area contributed by atoms with Crippen molar-refractivity contribution in [2.45, 2.75) is 0 Å². The summed E-state index contributed by atoms with van der Waals surface area (Å²) in [5.74, 6) is -1.08. The molecule has 2 nitrogen and oxygen atoms in total. The summed E-state index contributed by atoms with van der Waals surface area (Å²) in [7, 11) is 0. The van der Waals surface area contributed by atoms with Gasteiger partial charge in [0.25, 0.3) is 0 Å². The fourth-order valence-electron chi connectivity index (χ4n) is 0.836. The highest BCUT2D eigenvalue weighted by Crippen LogP contribution is 2.07. The lowest BCUT2D eigenvalue weighted by Crippen LogP contribution is -2.10. The topological polar surface area (TPSA) is 34.1 Å². The first-order valence-electron chi connectivity index (χ1n) is 3.62. The van der Waals surface area contributed by atoms with E-state index in [0.29, 0.717) is 5.56 Å². The Bertz CT molecular complexity index is 352. The lowest BCUT2D eigenvalue weighted by molar-refractivity contribution is -0.110. The van der Waals surface area contributed by atoms with Gasteiger partial charge in [0.2, 0.25) is 11.6 Å². The highest BCUT2D eigenvalue weighted by atomic mass is 127. The standard InChI is InChI=1S/C10H7IO2/c1-2-9(12)10(13)7-3-5-8(11)6-4-7/h2-6H,1H2. The van der Waals surface area contributed by atoms with Crippen molar-refractivity contribution in [2.24, 2.45) is 0 Å². The molecule has 0 aliphatic heterocycles. The van der Waals surface area contributed by atoms with E-state index in [9.17, 15) is 9.59 Å². The molecule has 1 rings (SSSR count). The number of ketones is 2. The van der Waals surface area contributed by atoms with Crippen LogP contribution in [-0.4, -0.2) is 11.6 Å². The van der Waals surface area contributed by atoms with Crippen molar-refractivity contribution in [1.29, 1.82) is 0 Å². The van der Waals surface area contributed by atoms with E-state index in [1.165, 1.54) is 0 Å². The molecule has 0 fully saturated rings. The molecule has 3 heteroatoms. The molecule has 0 aromatic heterocycles. The Morgan fingerprint density at radius 3 is 2.23 bits per heavy atom.